The maximum absolute atomic E-state index is 11.4. The standard InChI is InChI=1S/C10H18N2O2S/c1-5-6-11-10(13)9(3)12-8(2)7-15(4)14/h1,8-9,12H,6-7H2,2-4H3,(H,11,13). The second kappa shape index (κ2) is 7.43. The molecular weight excluding hydrogens is 212 g/mol. The topological polar surface area (TPSA) is 58.2 Å². The van der Waals surface area contributed by atoms with Crippen molar-refractivity contribution in [2.45, 2.75) is 25.9 Å². The van der Waals surface area contributed by atoms with Crippen LogP contribution in [0, 0.1) is 12.3 Å². The molecule has 1 amide bonds. The average molecular weight is 230 g/mol. The predicted octanol–water partition coefficient (Wildman–Crippen LogP) is -0.519. The third-order valence-electron chi connectivity index (χ3n) is 1.78. The Kier molecular flexibility index (Phi) is 7.01. The van der Waals surface area contributed by atoms with Crippen LogP contribution in [-0.2, 0) is 15.6 Å². The van der Waals surface area contributed by atoms with Gasteiger partial charge in [-0.3, -0.25) is 9.00 Å². The molecule has 0 radical (unpaired) electrons. The summed E-state index contributed by atoms with van der Waals surface area (Å²) in [7, 11) is -0.857. The third kappa shape index (κ3) is 7.11. The van der Waals surface area contributed by atoms with Crippen molar-refractivity contribution in [3.8, 4) is 12.3 Å². The first-order chi connectivity index (χ1) is 6.97. The van der Waals surface area contributed by atoms with Gasteiger partial charge in [0.05, 0.1) is 12.6 Å². The summed E-state index contributed by atoms with van der Waals surface area (Å²) < 4.78 is 10.9. The maximum Gasteiger partial charge on any atom is 0.237 e. The number of hydrogen-bond donors (Lipinski definition) is 2. The molecule has 15 heavy (non-hydrogen) atoms. The van der Waals surface area contributed by atoms with Gasteiger partial charge in [0.25, 0.3) is 0 Å². The monoisotopic (exact) mass is 230 g/mol. The van der Waals surface area contributed by atoms with Crippen molar-refractivity contribution >= 4 is 16.7 Å². The number of carbonyl (C=O) groups is 1. The Hall–Kier alpha value is -0.860. The van der Waals surface area contributed by atoms with Crippen LogP contribution in [0.1, 0.15) is 13.8 Å². The Morgan fingerprint density at radius 1 is 1.53 bits per heavy atom. The molecule has 5 heteroatoms. The minimum absolute atomic E-state index is 0.0439. The SMILES string of the molecule is C#CCNC(=O)C(C)NC(C)CS(C)=O. The summed E-state index contributed by atoms with van der Waals surface area (Å²) in [6.07, 6.45) is 6.66. The first-order valence-corrected chi connectivity index (χ1v) is 6.47. The molecule has 86 valence electrons. The van der Waals surface area contributed by atoms with Crippen molar-refractivity contribution in [2.24, 2.45) is 0 Å². The molecular formula is C10H18N2O2S. The quantitative estimate of drug-likeness (QED) is 0.604. The van der Waals surface area contributed by atoms with Gasteiger partial charge in [-0.05, 0) is 13.8 Å². The predicted molar refractivity (Wildman–Crippen MR) is 62.8 cm³/mol. The summed E-state index contributed by atoms with van der Waals surface area (Å²) in [5.74, 6) is 2.73. The van der Waals surface area contributed by atoms with E-state index in [9.17, 15) is 9.00 Å². The highest BCUT2D eigenvalue weighted by Crippen LogP contribution is 1.90. The molecule has 2 N–H and O–H groups in total. The number of rotatable bonds is 6. The molecule has 0 aliphatic carbocycles. The van der Waals surface area contributed by atoms with Gasteiger partial charge in [0.1, 0.15) is 0 Å². The van der Waals surface area contributed by atoms with Crippen LogP contribution in [0.3, 0.4) is 0 Å². The molecule has 3 unspecified atom stereocenters. The van der Waals surface area contributed by atoms with Crippen molar-refractivity contribution in [3.63, 3.8) is 0 Å². The van der Waals surface area contributed by atoms with Gasteiger partial charge in [0.15, 0.2) is 0 Å². The van der Waals surface area contributed by atoms with Crippen molar-refractivity contribution in [1.82, 2.24) is 10.6 Å². The number of nitrogens with one attached hydrogen (secondary N) is 2. The lowest BCUT2D eigenvalue weighted by Crippen LogP contribution is -2.47. The fourth-order valence-corrected chi connectivity index (χ4v) is 1.99. The molecule has 0 aromatic heterocycles. The highest BCUT2D eigenvalue weighted by molar-refractivity contribution is 7.84. The van der Waals surface area contributed by atoms with Gasteiger partial charge >= 0.3 is 0 Å². The van der Waals surface area contributed by atoms with Gasteiger partial charge in [-0.15, -0.1) is 6.42 Å². The molecule has 0 saturated heterocycles. The van der Waals surface area contributed by atoms with Crippen molar-refractivity contribution in [1.29, 1.82) is 0 Å². The molecule has 0 aromatic carbocycles. The molecule has 0 aliphatic heterocycles. The van der Waals surface area contributed by atoms with Crippen molar-refractivity contribution < 1.29 is 9.00 Å². The van der Waals surface area contributed by atoms with E-state index in [2.05, 4.69) is 16.6 Å². The summed E-state index contributed by atoms with van der Waals surface area (Å²) in [6, 6.07) is -0.278. The zero-order valence-electron chi connectivity index (χ0n) is 9.37. The summed E-state index contributed by atoms with van der Waals surface area (Å²) in [6.45, 7) is 3.88. The molecule has 0 bridgehead atoms. The fraction of sp³-hybridized carbons (Fsp3) is 0.700. The van der Waals surface area contributed by atoms with E-state index >= 15 is 0 Å². The average Bonchev–Trinajstić information content (AvgIpc) is 2.12. The Balaban J connectivity index is 3.91. The lowest BCUT2D eigenvalue weighted by Gasteiger charge is -2.18. The summed E-state index contributed by atoms with van der Waals surface area (Å²) >= 11 is 0. The second-order valence-electron chi connectivity index (χ2n) is 3.45. The Morgan fingerprint density at radius 3 is 2.60 bits per heavy atom. The van der Waals surface area contributed by atoms with Gasteiger partial charge in [-0.1, -0.05) is 5.92 Å². The molecule has 0 aromatic rings. The molecule has 3 atom stereocenters. The highest BCUT2D eigenvalue weighted by atomic mass is 32.2. The van der Waals surface area contributed by atoms with Gasteiger partial charge in [-0.25, -0.2) is 0 Å². The zero-order chi connectivity index (χ0) is 11.8. The highest BCUT2D eigenvalue weighted by Gasteiger charge is 2.14. The minimum atomic E-state index is -0.857. The number of amides is 1. The summed E-state index contributed by atoms with van der Waals surface area (Å²) in [5, 5.41) is 5.62. The first-order valence-electron chi connectivity index (χ1n) is 4.74. The van der Waals surface area contributed by atoms with Gasteiger partial charge in [0.2, 0.25) is 5.91 Å². The van der Waals surface area contributed by atoms with E-state index in [1.54, 1.807) is 13.2 Å². The van der Waals surface area contributed by atoms with Crippen LogP contribution in [0.15, 0.2) is 0 Å². The van der Waals surface area contributed by atoms with Gasteiger partial charge in [0, 0.05) is 28.9 Å². The Labute approximate surface area is 93.7 Å². The van der Waals surface area contributed by atoms with Crippen LogP contribution in [0.4, 0.5) is 0 Å². The fourth-order valence-electron chi connectivity index (χ4n) is 1.19. The largest absolute Gasteiger partial charge is 0.344 e. The molecule has 0 fully saturated rings. The second-order valence-corrected chi connectivity index (χ2v) is 4.93. The molecule has 0 rings (SSSR count). The van der Waals surface area contributed by atoms with Crippen LogP contribution in [0.25, 0.3) is 0 Å². The number of hydrogen-bond acceptors (Lipinski definition) is 3. The summed E-state index contributed by atoms with van der Waals surface area (Å²) in [5.41, 5.74) is 0. The van der Waals surface area contributed by atoms with Crippen molar-refractivity contribution in [2.75, 3.05) is 18.6 Å². The summed E-state index contributed by atoms with van der Waals surface area (Å²) in [4.78, 5) is 11.4. The van der Waals surface area contributed by atoms with E-state index in [0.717, 1.165) is 0 Å². The van der Waals surface area contributed by atoms with Crippen LogP contribution in [0.2, 0.25) is 0 Å². The normalized spacial score (nSPS) is 16.1. The van der Waals surface area contributed by atoms with E-state index in [1.807, 2.05) is 6.92 Å². The molecule has 4 nitrogen and oxygen atoms in total. The van der Waals surface area contributed by atoms with Crippen LogP contribution >= 0.6 is 0 Å². The number of terminal acetylenes is 1. The molecule has 0 aliphatic rings. The van der Waals surface area contributed by atoms with Crippen LogP contribution in [-0.4, -0.2) is 40.8 Å². The van der Waals surface area contributed by atoms with Gasteiger partial charge < -0.3 is 10.6 Å². The molecule has 0 saturated carbocycles. The van der Waals surface area contributed by atoms with E-state index in [-0.39, 0.29) is 24.5 Å². The lowest BCUT2D eigenvalue weighted by atomic mass is 10.2. The Morgan fingerprint density at radius 2 is 2.13 bits per heavy atom. The van der Waals surface area contributed by atoms with E-state index in [1.165, 1.54) is 0 Å². The zero-order valence-corrected chi connectivity index (χ0v) is 10.2. The first kappa shape index (κ1) is 14.1. The maximum atomic E-state index is 11.4. The van der Waals surface area contributed by atoms with Crippen LogP contribution in [0.5, 0.6) is 0 Å². The molecule has 0 spiro atoms. The van der Waals surface area contributed by atoms with Gasteiger partial charge in [-0.2, -0.15) is 0 Å². The lowest BCUT2D eigenvalue weighted by molar-refractivity contribution is -0.122. The van der Waals surface area contributed by atoms with Crippen LogP contribution < -0.4 is 10.6 Å². The van der Waals surface area contributed by atoms with Crippen molar-refractivity contribution in [3.05, 3.63) is 0 Å². The van der Waals surface area contributed by atoms with E-state index in [0.29, 0.717) is 5.75 Å². The third-order valence-corrected chi connectivity index (χ3v) is 2.75. The molecule has 0 heterocycles. The Bertz CT molecular complexity index is 273. The van der Waals surface area contributed by atoms with E-state index in [4.69, 9.17) is 6.42 Å². The minimum Gasteiger partial charge on any atom is -0.344 e. The number of carbonyl (C=O) groups excluding carboxylic acids is 1. The van der Waals surface area contributed by atoms with E-state index < -0.39 is 10.8 Å². The smallest absolute Gasteiger partial charge is 0.237 e.